The summed E-state index contributed by atoms with van der Waals surface area (Å²) < 4.78 is 8.47. The first-order chi connectivity index (χ1) is 14.3. The van der Waals surface area contributed by atoms with Crippen molar-refractivity contribution in [2.24, 2.45) is 24.6 Å². The average Bonchev–Trinajstić information content (AvgIpc) is 2.73. The van der Waals surface area contributed by atoms with Crippen LogP contribution in [0.3, 0.4) is 0 Å². The molecule has 0 radical (unpaired) electrons. The minimum absolute atomic E-state index is 0.155. The number of hydrogen-bond donors (Lipinski definition) is 1. The summed E-state index contributed by atoms with van der Waals surface area (Å²) in [6.07, 6.45) is 0.788. The van der Waals surface area contributed by atoms with Crippen molar-refractivity contribution in [1.82, 2.24) is 9.13 Å². The SMILES string of the molecule is CC(C)C(Cc1ccc(OCCn2c(=O)c3ccccc3n(C)c2=O)cc1)C(N)=S. The van der Waals surface area contributed by atoms with E-state index in [-0.39, 0.29) is 30.3 Å². The van der Waals surface area contributed by atoms with E-state index >= 15 is 0 Å². The maximum atomic E-state index is 12.7. The molecule has 2 N–H and O–H groups in total. The molecule has 7 heteroatoms. The Balaban J connectivity index is 1.68. The highest BCUT2D eigenvalue weighted by molar-refractivity contribution is 7.80. The van der Waals surface area contributed by atoms with Gasteiger partial charge in [0.05, 0.1) is 22.4 Å². The molecule has 0 aliphatic carbocycles. The minimum Gasteiger partial charge on any atom is -0.492 e. The Morgan fingerprint density at radius 2 is 1.77 bits per heavy atom. The predicted octanol–water partition coefficient (Wildman–Crippen LogP) is 2.88. The van der Waals surface area contributed by atoms with Gasteiger partial charge in [0.25, 0.3) is 5.56 Å². The summed E-state index contributed by atoms with van der Waals surface area (Å²) in [5, 5.41) is 0.515. The largest absolute Gasteiger partial charge is 0.492 e. The molecular weight excluding hydrogens is 398 g/mol. The number of ether oxygens (including phenoxy) is 1. The van der Waals surface area contributed by atoms with Gasteiger partial charge in [-0.15, -0.1) is 0 Å². The van der Waals surface area contributed by atoms with Gasteiger partial charge in [-0.05, 0) is 42.2 Å². The van der Waals surface area contributed by atoms with Crippen LogP contribution in [0.25, 0.3) is 10.9 Å². The molecule has 3 aromatic rings. The van der Waals surface area contributed by atoms with E-state index < -0.39 is 0 Å². The maximum Gasteiger partial charge on any atom is 0.331 e. The van der Waals surface area contributed by atoms with Crippen LogP contribution in [-0.2, 0) is 20.0 Å². The van der Waals surface area contributed by atoms with Crippen molar-refractivity contribution in [3.63, 3.8) is 0 Å². The molecule has 0 aliphatic rings. The molecule has 2 aromatic carbocycles. The van der Waals surface area contributed by atoms with Crippen LogP contribution in [0.15, 0.2) is 58.1 Å². The van der Waals surface area contributed by atoms with Crippen LogP contribution in [0, 0.1) is 11.8 Å². The molecule has 1 aromatic heterocycles. The van der Waals surface area contributed by atoms with Gasteiger partial charge in [-0.1, -0.05) is 50.3 Å². The van der Waals surface area contributed by atoms with Gasteiger partial charge in [-0.25, -0.2) is 4.79 Å². The lowest BCUT2D eigenvalue weighted by molar-refractivity contribution is 0.293. The Kier molecular flexibility index (Phi) is 6.72. The highest BCUT2D eigenvalue weighted by atomic mass is 32.1. The lowest BCUT2D eigenvalue weighted by atomic mass is 9.89. The summed E-state index contributed by atoms with van der Waals surface area (Å²) in [4.78, 5) is 25.8. The summed E-state index contributed by atoms with van der Waals surface area (Å²) in [6, 6.07) is 14.8. The highest BCUT2D eigenvalue weighted by Gasteiger charge is 2.17. The fourth-order valence-corrected chi connectivity index (χ4v) is 3.91. The monoisotopic (exact) mass is 425 g/mol. The quantitative estimate of drug-likeness (QED) is 0.562. The van der Waals surface area contributed by atoms with Gasteiger partial charge in [0.15, 0.2) is 0 Å². The van der Waals surface area contributed by atoms with Crippen molar-refractivity contribution in [2.45, 2.75) is 26.8 Å². The standard InChI is InChI=1S/C23H27N3O3S/c1-15(2)19(21(24)30)14-16-8-10-17(11-9-16)29-13-12-26-22(27)18-6-4-5-7-20(18)25(3)23(26)28/h4-11,15,19H,12-14H2,1-3H3,(H2,24,30). The number of benzene rings is 2. The predicted molar refractivity (Wildman–Crippen MR) is 124 cm³/mol. The van der Waals surface area contributed by atoms with Gasteiger partial charge in [0.2, 0.25) is 0 Å². The first kappa shape index (κ1) is 21.8. The van der Waals surface area contributed by atoms with Gasteiger partial charge in [-0.2, -0.15) is 0 Å². The molecule has 1 atom stereocenters. The molecule has 1 heterocycles. The third-order valence-corrected chi connectivity index (χ3v) is 5.69. The number of rotatable bonds is 8. The Morgan fingerprint density at radius 3 is 2.40 bits per heavy atom. The average molecular weight is 426 g/mol. The van der Waals surface area contributed by atoms with E-state index in [0.29, 0.717) is 27.6 Å². The molecule has 3 rings (SSSR count). The van der Waals surface area contributed by atoms with Crippen LogP contribution in [0.1, 0.15) is 19.4 Å². The van der Waals surface area contributed by atoms with Crippen LogP contribution in [-0.4, -0.2) is 20.7 Å². The van der Waals surface area contributed by atoms with Crippen LogP contribution >= 0.6 is 12.2 Å². The number of aromatic nitrogens is 2. The van der Waals surface area contributed by atoms with Crippen molar-refractivity contribution < 1.29 is 4.74 Å². The van der Waals surface area contributed by atoms with Gasteiger partial charge in [0.1, 0.15) is 12.4 Å². The molecule has 0 saturated carbocycles. The van der Waals surface area contributed by atoms with Crippen molar-refractivity contribution in [3.05, 3.63) is 74.9 Å². The number of nitrogens with zero attached hydrogens (tertiary/aromatic N) is 2. The first-order valence-corrected chi connectivity index (χ1v) is 10.4. The van der Waals surface area contributed by atoms with Crippen LogP contribution in [0.2, 0.25) is 0 Å². The highest BCUT2D eigenvalue weighted by Crippen LogP contribution is 2.20. The van der Waals surface area contributed by atoms with E-state index in [1.807, 2.05) is 30.3 Å². The normalized spacial score (nSPS) is 12.3. The first-order valence-electron chi connectivity index (χ1n) is 9.99. The van der Waals surface area contributed by atoms with Gasteiger partial charge in [-0.3, -0.25) is 13.9 Å². The second kappa shape index (κ2) is 9.26. The lowest BCUT2D eigenvalue weighted by Crippen LogP contribution is -2.40. The van der Waals surface area contributed by atoms with Crippen molar-refractivity contribution in [1.29, 1.82) is 0 Å². The summed E-state index contributed by atoms with van der Waals surface area (Å²) in [6.45, 7) is 4.61. The van der Waals surface area contributed by atoms with Crippen molar-refractivity contribution in [3.8, 4) is 5.75 Å². The minimum atomic E-state index is -0.352. The molecule has 0 amide bonds. The molecule has 6 nitrogen and oxygen atoms in total. The fourth-order valence-electron chi connectivity index (χ4n) is 3.56. The molecule has 0 saturated heterocycles. The van der Waals surface area contributed by atoms with Gasteiger partial charge in [0, 0.05) is 13.0 Å². The maximum absolute atomic E-state index is 12.7. The van der Waals surface area contributed by atoms with E-state index in [9.17, 15) is 9.59 Å². The van der Waals surface area contributed by atoms with Crippen LogP contribution < -0.4 is 21.7 Å². The second-order valence-corrected chi connectivity index (χ2v) is 8.24. The number of para-hydroxylation sites is 1. The third-order valence-electron chi connectivity index (χ3n) is 5.39. The molecule has 1 unspecified atom stereocenters. The Labute approximate surface area is 180 Å². The van der Waals surface area contributed by atoms with Crippen LogP contribution in [0.5, 0.6) is 5.75 Å². The molecule has 0 bridgehead atoms. The molecule has 0 fully saturated rings. The molecular formula is C23H27N3O3S. The van der Waals surface area contributed by atoms with Gasteiger partial charge >= 0.3 is 5.69 Å². The van der Waals surface area contributed by atoms with Gasteiger partial charge < -0.3 is 10.5 Å². The van der Waals surface area contributed by atoms with Crippen LogP contribution in [0.4, 0.5) is 0 Å². The number of fused-ring (bicyclic) bond motifs is 1. The molecule has 158 valence electrons. The number of thiocarbonyl (C=S) groups is 1. The number of hydrogen-bond acceptors (Lipinski definition) is 4. The Bertz CT molecular complexity index is 1160. The zero-order chi connectivity index (χ0) is 21.8. The van der Waals surface area contributed by atoms with E-state index in [1.54, 1.807) is 25.2 Å². The van der Waals surface area contributed by atoms with Crippen molar-refractivity contribution in [2.75, 3.05) is 6.61 Å². The molecule has 0 aliphatic heterocycles. The molecule has 30 heavy (non-hydrogen) atoms. The summed E-state index contributed by atoms with van der Waals surface area (Å²) in [5.41, 5.74) is 6.96. The van der Waals surface area contributed by atoms with E-state index in [2.05, 4.69) is 13.8 Å². The lowest BCUT2D eigenvalue weighted by Gasteiger charge is -2.19. The summed E-state index contributed by atoms with van der Waals surface area (Å²) >= 11 is 5.18. The second-order valence-electron chi connectivity index (χ2n) is 7.76. The zero-order valence-electron chi connectivity index (χ0n) is 17.5. The summed E-state index contributed by atoms with van der Waals surface area (Å²) in [7, 11) is 1.66. The number of nitrogens with two attached hydrogens (primary N) is 1. The summed E-state index contributed by atoms with van der Waals surface area (Å²) in [5.74, 6) is 1.21. The van der Waals surface area contributed by atoms with E-state index in [4.69, 9.17) is 22.7 Å². The Morgan fingerprint density at radius 1 is 1.10 bits per heavy atom. The number of aryl methyl sites for hydroxylation is 1. The smallest absolute Gasteiger partial charge is 0.331 e. The zero-order valence-corrected chi connectivity index (χ0v) is 18.3. The topological polar surface area (TPSA) is 79.2 Å². The van der Waals surface area contributed by atoms with E-state index in [1.165, 1.54) is 9.13 Å². The molecule has 0 spiro atoms. The van der Waals surface area contributed by atoms with E-state index in [0.717, 1.165) is 12.0 Å². The fraction of sp³-hybridized carbons (Fsp3) is 0.348. The third kappa shape index (κ3) is 4.62. The van der Waals surface area contributed by atoms with Crippen molar-refractivity contribution >= 4 is 28.1 Å². The Hall–Kier alpha value is -2.93.